The van der Waals surface area contributed by atoms with E-state index < -0.39 is 0 Å². The highest BCUT2D eigenvalue weighted by Crippen LogP contribution is 2.21. The first-order valence-corrected chi connectivity index (χ1v) is 8.94. The van der Waals surface area contributed by atoms with E-state index in [4.69, 9.17) is 4.74 Å². The molecule has 2 heterocycles. The van der Waals surface area contributed by atoms with Crippen LogP contribution in [0.4, 0.5) is 4.79 Å². The van der Waals surface area contributed by atoms with E-state index in [9.17, 15) is 4.79 Å². The third kappa shape index (κ3) is 3.55. The molecule has 0 aliphatic carbocycles. The van der Waals surface area contributed by atoms with Gasteiger partial charge in [-0.25, -0.2) is 14.5 Å². The third-order valence-corrected chi connectivity index (χ3v) is 4.42. The molecule has 0 radical (unpaired) electrons. The smallest absolute Gasteiger partial charge is 0.410 e. The number of ether oxygens (including phenoxy) is 1. The highest BCUT2D eigenvalue weighted by Gasteiger charge is 2.10. The average Bonchev–Trinajstić information content (AvgIpc) is 3.23. The minimum atomic E-state index is -0.383. The van der Waals surface area contributed by atoms with Gasteiger partial charge in [0.15, 0.2) is 0 Å². The summed E-state index contributed by atoms with van der Waals surface area (Å²) in [6, 6.07) is 14.9. The van der Waals surface area contributed by atoms with Crippen LogP contribution in [0, 0.1) is 0 Å². The van der Waals surface area contributed by atoms with Crippen LogP contribution in [0.1, 0.15) is 6.92 Å². The number of para-hydroxylation sites is 2. The van der Waals surface area contributed by atoms with Crippen molar-refractivity contribution in [2.75, 3.05) is 13.6 Å². The van der Waals surface area contributed by atoms with Crippen molar-refractivity contribution in [2.45, 2.75) is 6.92 Å². The largest absolute Gasteiger partial charge is 0.414 e. The van der Waals surface area contributed by atoms with E-state index >= 15 is 0 Å². The highest BCUT2D eigenvalue weighted by atomic mass is 16.6. The third-order valence-electron chi connectivity index (χ3n) is 4.42. The Labute approximate surface area is 162 Å². The monoisotopic (exact) mass is 373 g/mol. The Morgan fingerprint density at radius 3 is 2.57 bits per heavy atom. The summed E-state index contributed by atoms with van der Waals surface area (Å²) in [4.78, 5) is 22.4. The van der Waals surface area contributed by atoms with Gasteiger partial charge in [-0.15, -0.1) is 0 Å². The van der Waals surface area contributed by atoms with Gasteiger partial charge >= 0.3 is 6.09 Å². The number of fused-ring (bicyclic) bond motifs is 1. The summed E-state index contributed by atoms with van der Waals surface area (Å²) >= 11 is 0. The number of hydrogen-bond donors (Lipinski definition) is 0. The maximum absolute atomic E-state index is 11.8. The van der Waals surface area contributed by atoms with Gasteiger partial charge in [-0.1, -0.05) is 12.1 Å². The van der Waals surface area contributed by atoms with Crippen molar-refractivity contribution >= 4 is 17.1 Å². The molecule has 2 aromatic carbocycles. The predicted octanol–water partition coefficient (Wildman–Crippen LogP) is 3.93. The number of aromatic nitrogens is 4. The quantitative estimate of drug-likeness (QED) is 0.542. The Balaban J connectivity index is 1.54. The van der Waals surface area contributed by atoms with Crippen molar-refractivity contribution in [3.8, 4) is 22.7 Å². The van der Waals surface area contributed by atoms with E-state index in [0.717, 1.165) is 28.0 Å². The topological polar surface area (TPSA) is 73.1 Å². The van der Waals surface area contributed by atoms with Crippen molar-refractivity contribution < 1.29 is 9.53 Å². The Morgan fingerprint density at radius 1 is 1.07 bits per heavy atom. The van der Waals surface area contributed by atoms with E-state index in [1.54, 1.807) is 36.3 Å². The van der Waals surface area contributed by atoms with Gasteiger partial charge in [0.25, 0.3) is 0 Å². The molecule has 7 nitrogen and oxygen atoms in total. The molecule has 0 saturated carbocycles. The zero-order valence-electron chi connectivity index (χ0n) is 15.6. The standard InChI is InChI=1S/C21H19N5O2/c1-3-25(2)21(27)28-17-10-8-16(9-11-17)26-14-15(12-23-26)20-13-22-18-6-4-5-7-19(18)24-20/h4-14H,3H2,1-2H3. The average molecular weight is 373 g/mol. The summed E-state index contributed by atoms with van der Waals surface area (Å²) in [6.45, 7) is 2.48. The number of hydrogen-bond acceptors (Lipinski definition) is 5. The molecular formula is C21H19N5O2. The molecule has 4 rings (SSSR count). The molecular weight excluding hydrogens is 354 g/mol. The van der Waals surface area contributed by atoms with Gasteiger partial charge < -0.3 is 9.64 Å². The molecule has 7 heteroatoms. The van der Waals surface area contributed by atoms with Gasteiger partial charge in [0.05, 0.1) is 34.8 Å². The van der Waals surface area contributed by atoms with Crippen LogP contribution in [0.15, 0.2) is 67.1 Å². The van der Waals surface area contributed by atoms with Crippen LogP contribution in [0.2, 0.25) is 0 Å². The second kappa shape index (κ2) is 7.48. The lowest BCUT2D eigenvalue weighted by molar-refractivity contribution is 0.165. The van der Waals surface area contributed by atoms with Crippen LogP contribution >= 0.6 is 0 Å². The number of amides is 1. The van der Waals surface area contributed by atoms with Gasteiger partial charge in [0.1, 0.15) is 5.75 Å². The molecule has 28 heavy (non-hydrogen) atoms. The van der Waals surface area contributed by atoms with Gasteiger partial charge in [-0.2, -0.15) is 5.10 Å². The van der Waals surface area contributed by atoms with Crippen LogP contribution in [0.5, 0.6) is 5.75 Å². The highest BCUT2D eigenvalue weighted by molar-refractivity contribution is 5.76. The molecule has 0 unspecified atom stereocenters. The van der Waals surface area contributed by atoms with E-state index in [0.29, 0.717) is 12.3 Å². The van der Waals surface area contributed by atoms with Crippen molar-refractivity contribution in [2.24, 2.45) is 0 Å². The van der Waals surface area contributed by atoms with Gasteiger partial charge in [-0.3, -0.25) is 4.98 Å². The molecule has 0 aliphatic rings. The Bertz CT molecular complexity index is 1120. The maximum atomic E-state index is 11.8. The molecule has 0 aliphatic heterocycles. The second-order valence-electron chi connectivity index (χ2n) is 6.29. The van der Waals surface area contributed by atoms with Gasteiger partial charge in [0.2, 0.25) is 0 Å². The molecule has 0 bridgehead atoms. The first-order chi connectivity index (χ1) is 13.6. The summed E-state index contributed by atoms with van der Waals surface area (Å²) in [5, 5.41) is 4.41. The molecule has 0 atom stereocenters. The molecule has 0 fully saturated rings. The maximum Gasteiger partial charge on any atom is 0.414 e. The molecule has 1 amide bonds. The van der Waals surface area contributed by atoms with Crippen molar-refractivity contribution in [3.63, 3.8) is 0 Å². The number of benzene rings is 2. The van der Waals surface area contributed by atoms with Crippen LogP contribution in [-0.2, 0) is 0 Å². The van der Waals surface area contributed by atoms with Crippen LogP contribution in [-0.4, -0.2) is 44.3 Å². The molecule has 0 saturated heterocycles. The minimum absolute atomic E-state index is 0.383. The number of nitrogens with zero attached hydrogens (tertiary/aromatic N) is 5. The lowest BCUT2D eigenvalue weighted by atomic mass is 10.2. The van der Waals surface area contributed by atoms with E-state index in [1.165, 1.54) is 4.90 Å². The lowest BCUT2D eigenvalue weighted by Crippen LogP contribution is -2.29. The van der Waals surface area contributed by atoms with Crippen LogP contribution in [0.25, 0.3) is 28.0 Å². The zero-order chi connectivity index (χ0) is 19.5. The SMILES string of the molecule is CCN(C)C(=O)Oc1ccc(-n2cc(-c3cnc4ccccc4n3)cn2)cc1. The summed E-state index contributed by atoms with van der Waals surface area (Å²) in [5.74, 6) is 0.488. The zero-order valence-corrected chi connectivity index (χ0v) is 15.6. The van der Waals surface area contributed by atoms with Gasteiger partial charge in [-0.05, 0) is 43.3 Å². The fourth-order valence-corrected chi connectivity index (χ4v) is 2.67. The molecule has 140 valence electrons. The lowest BCUT2D eigenvalue weighted by Gasteiger charge is -2.14. The van der Waals surface area contributed by atoms with Gasteiger partial charge in [0, 0.05) is 25.4 Å². The number of rotatable bonds is 4. The Hall–Kier alpha value is -3.74. The van der Waals surface area contributed by atoms with Crippen LogP contribution in [0.3, 0.4) is 0 Å². The second-order valence-corrected chi connectivity index (χ2v) is 6.29. The Morgan fingerprint density at radius 2 is 1.82 bits per heavy atom. The molecule has 0 spiro atoms. The first-order valence-electron chi connectivity index (χ1n) is 8.94. The summed E-state index contributed by atoms with van der Waals surface area (Å²) in [5.41, 5.74) is 4.19. The van der Waals surface area contributed by atoms with Crippen molar-refractivity contribution in [1.82, 2.24) is 24.6 Å². The summed E-state index contributed by atoms with van der Waals surface area (Å²) in [7, 11) is 1.69. The minimum Gasteiger partial charge on any atom is -0.410 e. The first kappa shape index (κ1) is 17.7. The van der Waals surface area contributed by atoms with E-state index in [1.807, 2.05) is 49.5 Å². The van der Waals surface area contributed by atoms with E-state index in [-0.39, 0.29) is 6.09 Å². The Kier molecular flexibility index (Phi) is 4.72. The van der Waals surface area contributed by atoms with Crippen LogP contribution < -0.4 is 4.74 Å². The fourth-order valence-electron chi connectivity index (χ4n) is 2.67. The molecule has 0 N–H and O–H groups in total. The predicted molar refractivity (Wildman–Crippen MR) is 106 cm³/mol. The van der Waals surface area contributed by atoms with Crippen molar-refractivity contribution in [3.05, 3.63) is 67.1 Å². The van der Waals surface area contributed by atoms with E-state index in [2.05, 4.69) is 15.1 Å². The van der Waals surface area contributed by atoms with Crippen molar-refractivity contribution in [1.29, 1.82) is 0 Å². The summed E-state index contributed by atoms with van der Waals surface area (Å²) in [6.07, 6.45) is 5.01. The molecule has 4 aromatic rings. The number of carbonyl (C=O) groups excluding carboxylic acids is 1. The number of carbonyl (C=O) groups is 1. The summed E-state index contributed by atoms with van der Waals surface area (Å²) < 4.78 is 7.06. The normalized spacial score (nSPS) is 10.8. The fraction of sp³-hybridized carbons (Fsp3) is 0.143. The molecule has 2 aromatic heterocycles.